The van der Waals surface area contributed by atoms with Gasteiger partial charge in [0, 0.05) is 0 Å². The van der Waals surface area contributed by atoms with E-state index in [9.17, 15) is 14.7 Å². The molecule has 288 valence electrons. The van der Waals surface area contributed by atoms with Crippen molar-refractivity contribution in [1.29, 1.82) is 0 Å². The molecule has 16 heteroatoms. The Labute approximate surface area is 359 Å². The average molecular weight is 961 g/mol. The van der Waals surface area contributed by atoms with Gasteiger partial charge in [0.2, 0.25) is 0 Å². The molecule has 3 unspecified atom stereocenters. The third-order valence-electron chi connectivity index (χ3n) is 7.38. The second-order valence-corrected chi connectivity index (χ2v) is 25.8. The molecule has 3 rings (SSSR count). The normalized spacial score (nSPS) is 14.1. The largest absolute Gasteiger partial charge is 6.00 e. The van der Waals surface area contributed by atoms with Crippen molar-refractivity contribution in [1.82, 2.24) is 0 Å². The monoisotopic (exact) mass is 962 g/mol. The first kappa shape index (κ1) is 52.6. The summed E-state index contributed by atoms with van der Waals surface area (Å²) in [5.41, 5.74) is -2.90. The summed E-state index contributed by atoms with van der Waals surface area (Å²) in [5.74, 6) is 1.81. The van der Waals surface area contributed by atoms with E-state index in [0.29, 0.717) is 17.2 Å². The Balaban J connectivity index is 0.000000743. The van der Waals surface area contributed by atoms with Gasteiger partial charge in [-0.3, -0.25) is 0 Å². The topological polar surface area (TPSA) is 96.9 Å². The molecule has 0 heterocycles. The Kier molecular flexibility index (Phi) is 27.6. The molecule has 3 aromatic carbocycles. The molecular weight excluding hydrogens is 910 g/mol. The van der Waals surface area contributed by atoms with Crippen molar-refractivity contribution in [3.05, 3.63) is 88.0 Å². The van der Waals surface area contributed by atoms with Crippen LogP contribution >= 0.6 is 17.1 Å². The molecule has 52 heavy (non-hydrogen) atoms. The third kappa shape index (κ3) is 21.8. The number of benzene rings is 3. The Morgan fingerprint density at radius 3 is 0.827 bits per heavy atom. The van der Waals surface area contributed by atoms with E-state index in [1.807, 2.05) is 18.2 Å². The van der Waals surface area contributed by atoms with Crippen LogP contribution in [-0.4, -0.2) is 0 Å². The zero-order valence-electron chi connectivity index (χ0n) is 30.8. The Bertz CT molecular complexity index is 1440. The second kappa shape index (κ2) is 27.3. The van der Waals surface area contributed by atoms with E-state index in [2.05, 4.69) is 132 Å². The Morgan fingerprint density at radius 2 is 0.654 bits per heavy atom. The fourth-order valence-electron chi connectivity index (χ4n) is 5.56. The minimum atomic E-state index is -3.31. The summed E-state index contributed by atoms with van der Waals surface area (Å²) in [5, 5.41) is 0. The molecule has 0 aliphatic heterocycles. The molecule has 0 saturated heterocycles. The van der Waals surface area contributed by atoms with Gasteiger partial charge in [-0.15, -0.1) is 0 Å². The van der Waals surface area contributed by atoms with Crippen molar-refractivity contribution < 1.29 is 49.3 Å². The zero-order valence-corrected chi connectivity index (χ0v) is 40.4. The first-order valence-corrected chi connectivity index (χ1v) is 28.4. The van der Waals surface area contributed by atoms with Gasteiger partial charge in [-0.2, -0.15) is 0 Å². The summed E-state index contributed by atoms with van der Waals surface area (Å²) in [4.78, 5) is 34.3. The number of hydrogen-bond acceptors (Lipinski definition) is 12. The maximum Gasteiger partial charge on any atom is 6.00 e. The second-order valence-electron chi connectivity index (χ2n) is 11.8. The van der Waals surface area contributed by atoms with E-state index in [1.165, 1.54) is 16.7 Å². The molecule has 0 aliphatic rings. The van der Waals surface area contributed by atoms with Gasteiger partial charge in [0.1, 0.15) is 17.2 Å². The predicted molar refractivity (Wildman–Crippen MR) is 230 cm³/mol. The minimum absolute atomic E-state index is 0. The summed E-state index contributed by atoms with van der Waals surface area (Å²) in [7, 11) is 0. The van der Waals surface area contributed by atoms with Crippen LogP contribution in [0.15, 0.2) is 54.6 Å². The fourth-order valence-corrected chi connectivity index (χ4v) is 8.24. The van der Waals surface area contributed by atoms with E-state index in [0.717, 1.165) is 93.7 Å². The standard InChI is InChI=1S/3C12H19O2PS2.Mo/c3*1-3-6-10-8-5-9-12(11(10)7-4-2)14-15(13,16)17;/h3*5,8-9H,3-4,6-7H2,1-2H3,(H2,13,16,17);/q;;;+6/p-6. The van der Waals surface area contributed by atoms with E-state index < -0.39 is 17.1 Å². The number of aryl methyl sites for hydroxylation is 3. The van der Waals surface area contributed by atoms with Crippen LogP contribution in [0.25, 0.3) is 0 Å². The van der Waals surface area contributed by atoms with Gasteiger partial charge in [0.05, 0.1) is 0 Å². The SMILES string of the molecule is CCCc1cccc(OP([O-])(=S)[S-])c1CCC.CCCc1cccc(OP([O-])(=S)[S-])c1CCC.CCCc1cccc(OP([O-])(=S)[S-])c1CCC.[Mo+6]. The first-order valence-electron chi connectivity index (χ1n) is 17.4. The summed E-state index contributed by atoms with van der Waals surface area (Å²) in [6, 6.07) is 17.4. The minimum Gasteiger partial charge on any atom is -0.809 e. The maximum absolute atomic E-state index is 11.4. The molecular formula is C36H51MoO6P3S6. The Morgan fingerprint density at radius 1 is 0.442 bits per heavy atom. The van der Waals surface area contributed by atoms with Crippen molar-refractivity contribution in [3.63, 3.8) is 0 Å². The molecule has 0 aliphatic carbocycles. The van der Waals surface area contributed by atoms with Gasteiger partial charge < -0.3 is 65.0 Å². The quantitative estimate of drug-likeness (QED) is 0.0691. The van der Waals surface area contributed by atoms with Crippen LogP contribution in [0.1, 0.15) is 113 Å². The van der Waals surface area contributed by atoms with Gasteiger partial charge in [0.25, 0.3) is 0 Å². The van der Waals surface area contributed by atoms with Crippen LogP contribution in [0.2, 0.25) is 0 Å². The summed E-state index contributed by atoms with van der Waals surface area (Å²) in [6.45, 7) is 12.7. The van der Waals surface area contributed by atoms with Gasteiger partial charge in [-0.25, -0.2) is 0 Å². The predicted octanol–water partition coefficient (Wildman–Crippen LogP) is 9.30. The fraction of sp³-hybridized carbons (Fsp3) is 0.500. The molecule has 0 amide bonds. The van der Waals surface area contributed by atoms with Crippen molar-refractivity contribution >= 4 is 89.2 Å². The van der Waals surface area contributed by atoms with Crippen LogP contribution < -0.4 is 28.3 Å². The van der Waals surface area contributed by atoms with Crippen LogP contribution in [0.4, 0.5) is 0 Å². The van der Waals surface area contributed by atoms with Gasteiger partial charge in [-0.1, -0.05) is 169 Å². The molecule has 6 nitrogen and oxygen atoms in total. The third-order valence-corrected chi connectivity index (χ3v) is 9.98. The van der Waals surface area contributed by atoms with Crippen molar-refractivity contribution in [2.45, 2.75) is 119 Å². The van der Waals surface area contributed by atoms with Crippen LogP contribution in [0.5, 0.6) is 17.2 Å². The molecule has 3 atom stereocenters. The first-order chi connectivity index (χ1) is 23.9. The van der Waals surface area contributed by atoms with Gasteiger partial charge in [0.15, 0.2) is 0 Å². The number of hydrogen-bond donors (Lipinski definition) is 0. The molecule has 3 aromatic rings. The van der Waals surface area contributed by atoms with Crippen LogP contribution in [-0.2, 0) is 132 Å². The summed E-state index contributed by atoms with van der Waals surface area (Å²) >= 11 is 28.0. The molecule has 0 saturated carbocycles. The maximum atomic E-state index is 11.4. The summed E-state index contributed by atoms with van der Waals surface area (Å²) in [6.07, 6.45) is 11.9. The van der Waals surface area contributed by atoms with Crippen LogP contribution in [0, 0.1) is 0 Å². The molecule has 0 bridgehead atoms. The summed E-state index contributed by atoms with van der Waals surface area (Å²) < 4.78 is 15.8. The molecule has 0 fully saturated rings. The molecule has 0 radical (unpaired) electrons. The van der Waals surface area contributed by atoms with E-state index >= 15 is 0 Å². The number of rotatable bonds is 18. The average Bonchev–Trinajstić information content (AvgIpc) is 3.01. The van der Waals surface area contributed by atoms with E-state index in [4.69, 9.17) is 13.6 Å². The van der Waals surface area contributed by atoms with Crippen molar-refractivity contribution in [3.8, 4) is 17.2 Å². The van der Waals surface area contributed by atoms with Crippen molar-refractivity contribution in [2.24, 2.45) is 0 Å². The zero-order chi connectivity index (χ0) is 38.7. The Hall–Kier alpha value is 0.628. The van der Waals surface area contributed by atoms with E-state index in [1.54, 1.807) is 18.2 Å². The van der Waals surface area contributed by atoms with Gasteiger partial charge >= 0.3 is 21.1 Å². The smallest absolute Gasteiger partial charge is 0.809 e. The molecule has 0 spiro atoms. The van der Waals surface area contributed by atoms with E-state index in [-0.39, 0.29) is 21.1 Å². The molecule has 0 aromatic heterocycles. The van der Waals surface area contributed by atoms with Gasteiger partial charge in [-0.05, 0) is 90.1 Å². The van der Waals surface area contributed by atoms with Crippen LogP contribution in [0.3, 0.4) is 0 Å². The van der Waals surface area contributed by atoms with Crippen molar-refractivity contribution in [2.75, 3.05) is 0 Å². The molecule has 0 N–H and O–H groups in total.